The highest BCUT2D eigenvalue weighted by Gasteiger charge is 2.11. The number of aromatic nitrogens is 3. The Morgan fingerprint density at radius 2 is 2.04 bits per heavy atom. The molecule has 0 fully saturated rings. The number of nitrogens with one attached hydrogen (secondary N) is 1. The van der Waals surface area contributed by atoms with Gasteiger partial charge in [0.15, 0.2) is 0 Å². The zero-order chi connectivity index (χ0) is 19.1. The number of anilines is 1. The fraction of sp³-hybridized carbons (Fsp3) is 0.300. The standard InChI is InChI=1S/C20H22N4O3/c1-14(2)26-13-15-4-3-5-17(12-15)22-18(25)6-7-19-23-20(24-27-19)16-8-10-21-11-9-16/h3-5,8-12,14H,6-7,13H2,1-2H3,(H,22,25). The van der Waals surface area contributed by atoms with E-state index in [1.165, 1.54) is 0 Å². The van der Waals surface area contributed by atoms with Crippen LogP contribution in [0.1, 0.15) is 31.7 Å². The summed E-state index contributed by atoms with van der Waals surface area (Å²) in [4.78, 5) is 20.5. The molecule has 7 heteroatoms. The Hall–Kier alpha value is -3.06. The Morgan fingerprint density at radius 3 is 2.81 bits per heavy atom. The molecule has 3 aromatic rings. The quantitative estimate of drug-likeness (QED) is 0.655. The number of hydrogen-bond acceptors (Lipinski definition) is 6. The predicted molar refractivity (Wildman–Crippen MR) is 101 cm³/mol. The van der Waals surface area contributed by atoms with E-state index in [0.717, 1.165) is 16.8 Å². The van der Waals surface area contributed by atoms with E-state index in [1.54, 1.807) is 24.5 Å². The summed E-state index contributed by atoms with van der Waals surface area (Å²) in [5.41, 5.74) is 2.58. The number of aryl methyl sites for hydroxylation is 1. The molecule has 0 saturated heterocycles. The van der Waals surface area contributed by atoms with E-state index in [9.17, 15) is 4.79 Å². The van der Waals surface area contributed by atoms with Crippen LogP contribution in [0.2, 0.25) is 0 Å². The number of hydrogen-bond donors (Lipinski definition) is 1. The minimum atomic E-state index is -0.111. The topological polar surface area (TPSA) is 90.1 Å². The van der Waals surface area contributed by atoms with Crippen molar-refractivity contribution in [2.45, 2.75) is 39.4 Å². The van der Waals surface area contributed by atoms with Gasteiger partial charge in [-0.3, -0.25) is 9.78 Å². The van der Waals surface area contributed by atoms with Gasteiger partial charge in [0, 0.05) is 36.5 Å². The van der Waals surface area contributed by atoms with Crippen LogP contribution in [0.3, 0.4) is 0 Å². The summed E-state index contributed by atoms with van der Waals surface area (Å²) >= 11 is 0. The van der Waals surface area contributed by atoms with Crippen molar-refractivity contribution in [3.63, 3.8) is 0 Å². The van der Waals surface area contributed by atoms with Gasteiger partial charge in [0.25, 0.3) is 0 Å². The van der Waals surface area contributed by atoms with E-state index in [1.807, 2.05) is 38.1 Å². The Bertz CT molecular complexity index is 878. The average Bonchev–Trinajstić information content (AvgIpc) is 3.15. The summed E-state index contributed by atoms with van der Waals surface area (Å²) in [6, 6.07) is 11.2. The lowest BCUT2D eigenvalue weighted by Gasteiger charge is -2.09. The summed E-state index contributed by atoms with van der Waals surface area (Å²) in [6.45, 7) is 4.49. The van der Waals surface area contributed by atoms with Crippen molar-refractivity contribution in [2.75, 3.05) is 5.32 Å². The molecule has 1 N–H and O–H groups in total. The van der Waals surface area contributed by atoms with Crippen molar-refractivity contribution in [3.8, 4) is 11.4 Å². The number of carbonyl (C=O) groups is 1. The third-order valence-corrected chi connectivity index (χ3v) is 3.77. The normalized spacial score (nSPS) is 10.9. The lowest BCUT2D eigenvalue weighted by molar-refractivity contribution is -0.116. The second kappa shape index (κ2) is 9.05. The molecule has 0 aliphatic rings. The van der Waals surface area contributed by atoms with Crippen molar-refractivity contribution in [1.29, 1.82) is 0 Å². The van der Waals surface area contributed by atoms with Crippen LogP contribution in [0.15, 0.2) is 53.3 Å². The number of carbonyl (C=O) groups excluding carboxylic acids is 1. The Morgan fingerprint density at radius 1 is 1.22 bits per heavy atom. The zero-order valence-electron chi connectivity index (χ0n) is 15.4. The summed E-state index contributed by atoms with van der Waals surface area (Å²) < 4.78 is 10.8. The molecule has 1 aromatic carbocycles. The van der Waals surface area contributed by atoms with Gasteiger partial charge in [-0.2, -0.15) is 4.98 Å². The molecule has 3 rings (SSSR count). The van der Waals surface area contributed by atoms with Crippen LogP contribution in [-0.4, -0.2) is 27.1 Å². The molecule has 1 amide bonds. The van der Waals surface area contributed by atoms with E-state index >= 15 is 0 Å². The third kappa shape index (κ3) is 5.72. The molecule has 7 nitrogen and oxygen atoms in total. The molecule has 27 heavy (non-hydrogen) atoms. The Kier molecular flexibility index (Phi) is 6.27. The Balaban J connectivity index is 1.51. The van der Waals surface area contributed by atoms with Gasteiger partial charge in [0.2, 0.25) is 17.6 Å². The SMILES string of the molecule is CC(C)OCc1cccc(NC(=O)CCc2nc(-c3ccncc3)no2)c1. The predicted octanol–water partition coefficient (Wildman–Crippen LogP) is 3.63. The van der Waals surface area contributed by atoms with Gasteiger partial charge >= 0.3 is 0 Å². The van der Waals surface area contributed by atoms with Gasteiger partial charge in [-0.15, -0.1) is 0 Å². The molecule has 2 aromatic heterocycles. The molecule has 140 valence electrons. The zero-order valence-corrected chi connectivity index (χ0v) is 15.4. The van der Waals surface area contributed by atoms with Crippen LogP contribution < -0.4 is 5.32 Å². The van der Waals surface area contributed by atoms with E-state index in [4.69, 9.17) is 9.26 Å². The van der Waals surface area contributed by atoms with Gasteiger partial charge in [-0.05, 0) is 43.7 Å². The summed E-state index contributed by atoms with van der Waals surface area (Å²) in [6.07, 6.45) is 4.12. The molecule has 2 heterocycles. The lowest BCUT2D eigenvalue weighted by Crippen LogP contribution is -2.12. The third-order valence-electron chi connectivity index (χ3n) is 3.77. The minimum absolute atomic E-state index is 0.111. The van der Waals surface area contributed by atoms with Crippen LogP contribution in [0.25, 0.3) is 11.4 Å². The molecule has 0 atom stereocenters. The molecule has 0 spiro atoms. The van der Waals surface area contributed by atoms with Crippen molar-refractivity contribution in [2.24, 2.45) is 0 Å². The summed E-state index contributed by atoms with van der Waals surface area (Å²) in [7, 11) is 0. The maximum Gasteiger partial charge on any atom is 0.227 e. The molecule has 0 unspecified atom stereocenters. The van der Waals surface area contributed by atoms with Crippen LogP contribution in [0.5, 0.6) is 0 Å². The summed E-state index contributed by atoms with van der Waals surface area (Å²) in [5, 5.41) is 6.82. The highest BCUT2D eigenvalue weighted by Crippen LogP contribution is 2.16. The first-order valence-corrected chi connectivity index (χ1v) is 8.83. The fourth-order valence-corrected chi connectivity index (χ4v) is 2.42. The van der Waals surface area contributed by atoms with Crippen molar-refractivity contribution in [3.05, 3.63) is 60.2 Å². The molecule has 0 saturated carbocycles. The fourth-order valence-electron chi connectivity index (χ4n) is 2.42. The van der Waals surface area contributed by atoms with Gasteiger partial charge in [-0.25, -0.2) is 0 Å². The number of nitrogens with zero attached hydrogens (tertiary/aromatic N) is 3. The number of pyridine rings is 1. The molecular weight excluding hydrogens is 344 g/mol. The van der Waals surface area contributed by atoms with Crippen LogP contribution in [0.4, 0.5) is 5.69 Å². The van der Waals surface area contributed by atoms with Gasteiger partial charge in [0.05, 0.1) is 12.7 Å². The second-order valence-electron chi connectivity index (χ2n) is 6.36. The lowest BCUT2D eigenvalue weighted by atomic mass is 10.2. The van der Waals surface area contributed by atoms with Crippen LogP contribution in [-0.2, 0) is 22.6 Å². The van der Waals surface area contributed by atoms with E-state index in [0.29, 0.717) is 24.7 Å². The van der Waals surface area contributed by atoms with Gasteiger partial charge < -0.3 is 14.6 Å². The van der Waals surface area contributed by atoms with E-state index in [2.05, 4.69) is 20.4 Å². The molecular formula is C20H22N4O3. The van der Waals surface area contributed by atoms with Crippen molar-refractivity contribution < 1.29 is 14.1 Å². The van der Waals surface area contributed by atoms with Crippen molar-refractivity contribution >= 4 is 11.6 Å². The summed E-state index contributed by atoms with van der Waals surface area (Å²) in [5.74, 6) is 0.808. The second-order valence-corrected chi connectivity index (χ2v) is 6.36. The van der Waals surface area contributed by atoms with Gasteiger partial charge in [-0.1, -0.05) is 17.3 Å². The number of ether oxygens (including phenoxy) is 1. The first kappa shape index (κ1) is 18.7. The molecule has 0 radical (unpaired) electrons. The van der Waals surface area contributed by atoms with Crippen LogP contribution >= 0.6 is 0 Å². The molecule has 0 bridgehead atoms. The smallest absolute Gasteiger partial charge is 0.227 e. The maximum absolute atomic E-state index is 12.2. The maximum atomic E-state index is 12.2. The molecule has 0 aliphatic heterocycles. The largest absolute Gasteiger partial charge is 0.374 e. The highest BCUT2D eigenvalue weighted by atomic mass is 16.5. The van der Waals surface area contributed by atoms with Crippen molar-refractivity contribution in [1.82, 2.24) is 15.1 Å². The highest BCUT2D eigenvalue weighted by molar-refractivity contribution is 5.90. The average molecular weight is 366 g/mol. The van der Waals surface area contributed by atoms with Gasteiger partial charge in [0.1, 0.15) is 0 Å². The Labute approximate surface area is 157 Å². The monoisotopic (exact) mass is 366 g/mol. The number of rotatable bonds is 8. The number of amides is 1. The molecule has 0 aliphatic carbocycles. The van der Waals surface area contributed by atoms with Crippen LogP contribution in [0, 0.1) is 0 Å². The van der Waals surface area contributed by atoms with E-state index in [-0.39, 0.29) is 18.4 Å². The van der Waals surface area contributed by atoms with E-state index < -0.39 is 0 Å². The first-order chi connectivity index (χ1) is 13.1. The first-order valence-electron chi connectivity index (χ1n) is 8.83. The number of benzene rings is 1. The minimum Gasteiger partial charge on any atom is -0.374 e.